The summed E-state index contributed by atoms with van der Waals surface area (Å²) >= 11 is 5.55. The fraction of sp³-hybridized carbons (Fsp3) is 0.500. The van der Waals surface area contributed by atoms with Gasteiger partial charge in [-0.2, -0.15) is 5.10 Å². The molecule has 3 aliphatic rings. The molecule has 3 fully saturated rings. The number of nitrogens with one attached hydrogen (secondary N) is 3. The third kappa shape index (κ3) is 5.07. The summed E-state index contributed by atoms with van der Waals surface area (Å²) in [5.74, 6) is 0.309. The first-order valence-corrected chi connectivity index (χ1v) is 12.5. The van der Waals surface area contributed by atoms with Gasteiger partial charge in [0.2, 0.25) is 11.8 Å². The zero-order valence-electron chi connectivity index (χ0n) is 19.2. The Morgan fingerprint density at radius 3 is 2.74 bits per heavy atom. The number of piperazine rings is 1. The number of carbonyl (C=O) groups excluding carboxylic acids is 2. The van der Waals surface area contributed by atoms with Crippen LogP contribution in [-0.4, -0.2) is 80.8 Å². The standard InChI is InChI=1S/C24H31N7O2S/c32-22(29-11-1-2-12-29)9-8-20-15-25-23(33)21-14-18(16-30(20)21)28-24(34)27-17-4-6-19(7-5-17)31-13-3-10-26-31/h3-7,10,13,18,20-21H,1-2,8-9,11-12,14-16H2,(H,25,33)(H2,27,28,34)/t18-,20+,21-/m0/s1. The van der Waals surface area contributed by atoms with Crippen molar-refractivity contribution in [3.8, 4) is 5.69 Å². The van der Waals surface area contributed by atoms with Crippen LogP contribution >= 0.6 is 12.2 Å². The van der Waals surface area contributed by atoms with Crippen LogP contribution in [0.25, 0.3) is 5.69 Å². The van der Waals surface area contributed by atoms with Crippen molar-refractivity contribution in [1.29, 1.82) is 0 Å². The molecule has 3 aliphatic heterocycles. The molecule has 3 atom stereocenters. The van der Waals surface area contributed by atoms with E-state index < -0.39 is 0 Å². The van der Waals surface area contributed by atoms with Crippen molar-refractivity contribution >= 4 is 34.8 Å². The van der Waals surface area contributed by atoms with Crippen LogP contribution in [0.4, 0.5) is 5.69 Å². The van der Waals surface area contributed by atoms with E-state index in [1.807, 2.05) is 41.4 Å². The van der Waals surface area contributed by atoms with Crippen LogP contribution in [0.2, 0.25) is 0 Å². The zero-order chi connectivity index (χ0) is 23.5. The van der Waals surface area contributed by atoms with Gasteiger partial charge in [0, 0.05) is 62.8 Å². The first-order chi connectivity index (χ1) is 16.6. The number of hydrogen-bond acceptors (Lipinski definition) is 5. The van der Waals surface area contributed by atoms with Crippen molar-refractivity contribution < 1.29 is 9.59 Å². The van der Waals surface area contributed by atoms with Gasteiger partial charge in [-0.05, 0) is 68.2 Å². The second kappa shape index (κ2) is 10.1. The van der Waals surface area contributed by atoms with Gasteiger partial charge in [0.15, 0.2) is 5.11 Å². The minimum absolute atomic E-state index is 0.0690. The summed E-state index contributed by atoms with van der Waals surface area (Å²) in [5, 5.41) is 14.4. The molecule has 0 aliphatic carbocycles. The van der Waals surface area contributed by atoms with Crippen LogP contribution in [0.5, 0.6) is 0 Å². The molecule has 5 rings (SSSR count). The number of anilines is 1. The van der Waals surface area contributed by atoms with Gasteiger partial charge in [-0.25, -0.2) is 4.68 Å². The summed E-state index contributed by atoms with van der Waals surface area (Å²) < 4.78 is 1.80. The molecule has 0 saturated carbocycles. The monoisotopic (exact) mass is 481 g/mol. The Kier molecular flexibility index (Phi) is 6.77. The lowest BCUT2D eigenvalue weighted by molar-refractivity contribution is -0.131. The average molecular weight is 482 g/mol. The second-order valence-electron chi connectivity index (χ2n) is 9.27. The Morgan fingerprint density at radius 1 is 1.21 bits per heavy atom. The molecule has 10 heteroatoms. The van der Waals surface area contributed by atoms with Crippen LogP contribution in [0.3, 0.4) is 0 Å². The van der Waals surface area contributed by atoms with Gasteiger partial charge in [-0.15, -0.1) is 0 Å². The summed E-state index contributed by atoms with van der Waals surface area (Å²) in [4.78, 5) is 29.2. The molecule has 34 heavy (non-hydrogen) atoms. The van der Waals surface area contributed by atoms with Crippen molar-refractivity contribution in [1.82, 2.24) is 30.2 Å². The van der Waals surface area contributed by atoms with Gasteiger partial charge >= 0.3 is 0 Å². The summed E-state index contributed by atoms with van der Waals surface area (Å²) in [6, 6.07) is 9.85. The predicted molar refractivity (Wildman–Crippen MR) is 134 cm³/mol. The Morgan fingerprint density at radius 2 is 2.00 bits per heavy atom. The van der Waals surface area contributed by atoms with E-state index >= 15 is 0 Å². The lowest BCUT2D eigenvalue weighted by Gasteiger charge is -2.37. The normalized spacial score (nSPS) is 24.5. The maximum Gasteiger partial charge on any atom is 0.237 e. The minimum Gasteiger partial charge on any atom is -0.358 e. The van der Waals surface area contributed by atoms with Gasteiger partial charge in [0.25, 0.3) is 0 Å². The molecule has 1 aromatic heterocycles. The summed E-state index contributed by atoms with van der Waals surface area (Å²) in [6.45, 7) is 3.10. The SMILES string of the molecule is O=C1NC[C@@H](CCC(=O)N2CCCC2)N2C[C@@H](NC(=S)Nc3ccc(-n4cccn4)cc3)C[C@@H]12. The number of carbonyl (C=O) groups is 2. The molecule has 3 saturated heterocycles. The predicted octanol–water partition coefficient (Wildman–Crippen LogP) is 1.50. The van der Waals surface area contributed by atoms with Crippen molar-refractivity contribution in [3.05, 3.63) is 42.7 Å². The summed E-state index contributed by atoms with van der Waals surface area (Å²) in [5.41, 5.74) is 1.86. The average Bonchev–Trinajstić information content (AvgIpc) is 3.61. The number of amides is 2. The molecular formula is C24H31N7O2S. The highest BCUT2D eigenvalue weighted by atomic mass is 32.1. The first kappa shape index (κ1) is 22.8. The van der Waals surface area contributed by atoms with Crippen LogP contribution in [0.15, 0.2) is 42.7 Å². The number of benzene rings is 1. The highest BCUT2D eigenvalue weighted by Crippen LogP contribution is 2.26. The first-order valence-electron chi connectivity index (χ1n) is 12.1. The molecule has 2 amide bonds. The number of likely N-dealkylation sites (tertiary alicyclic amines) is 1. The number of aromatic nitrogens is 2. The van der Waals surface area contributed by atoms with E-state index in [0.717, 1.165) is 50.3 Å². The van der Waals surface area contributed by atoms with Crippen molar-refractivity contribution in [2.45, 2.75) is 50.2 Å². The maximum absolute atomic E-state index is 12.5. The van der Waals surface area contributed by atoms with E-state index in [2.05, 4.69) is 25.9 Å². The number of nitrogens with zero attached hydrogens (tertiary/aromatic N) is 4. The maximum atomic E-state index is 12.5. The molecule has 180 valence electrons. The van der Waals surface area contributed by atoms with E-state index in [1.54, 1.807) is 10.9 Å². The van der Waals surface area contributed by atoms with Crippen LogP contribution in [-0.2, 0) is 9.59 Å². The largest absolute Gasteiger partial charge is 0.358 e. The van der Waals surface area contributed by atoms with Crippen LogP contribution < -0.4 is 16.0 Å². The molecule has 0 radical (unpaired) electrons. The summed E-state index contributed by atoms with van der Waals surface area (Å²) in [6.07, 6.45) is 7.86. The van der Waals surface area contributed by atoms with Gasteiger partial charge in [-0.1, -0.05) is 0 Å². The molecule has 1 aromatic carbocycles. The quantitative estimate of drug-likeness (QED) is 0.539. The fourth-order valence-corrected chi connectivity index (χ4v) is 5.52. The van der Waals surface area contributed by atoms with Gasteiger partial charge in [0.1, 0.15) is 0 Å². The van der Waals surface area contributed by atoms with Gasteiger partial charge < -0.3 is 20.9 Å². The Hall–Kier alpha value is -2.98. The highest BCUT2D eigenvalue weighted by molar-refractivity contribution is 7.80. The molecule has 0 spiro atoms. The molecule has 0 bridgehead atoms. The number of fused-ring (bicyclic) bond motifs is 1. The molecular weight excluding hydrogens is 450 g/mol. The molecule has 9 nitrogen and oxygen atoms in total. The van der Waals surface area contributed by atoms with E-state index in [0.29, 0.717) is 24.5 Å². The topological polar surface area (TPSA) is 94.5 Å². The molecule has 4 heterocycles. The third-order valence-corrected chi connectivity index (χ3v) is 7.22. The van der Waals surface area contributed by atoms with Crippen molar-refractivity contribution in [2.75, 3.05) is 31.5 Å². The minimum atomic E-state index is -0.172. The second-order valence-corrected chi connectivity index (χ2v) is 9.67. The summed E-state index contributed by atoms with van der Waals surface area (Å²) in [7, 11) is 0. The third-order valence-electron chi connectivity index (χ3n) is 7.00. The smallest absolute Gasteiger partial charge is 0.237 e. The van der Waals surface area contributed by atoms with Crippen molar-refractivity contribution in [2.24, 2.45) is 0 Å². The van der Waals surface area contributed by atoms with E-state index in [1.165, 1.54) is 0 Å². The Bertz CT molecular complexity index is 1020. The lowest BCUT2D eigenvalue weighted by Crippen LogP contribution is -2.58. The van der Waals surface area contributed by atoms with Crippen molar-refractivity contribution in [3.63, 3.8) is 0 Å². The van der Waals surface area contributed by atoms with E-state index in [-0.39, 0.29) is 29.9 Å². The van der Waals surface area contributed by atoms with Crippen LogP contribution in [0, 0.1) is 0 Å². The molecule has 3 N–H and O–H groups in total. The number of rotatable bonds is 6. The molecule has 0 unspecified atom stereocenters. The van der Waals surface area contributed by atoms with Crippen LogP contribution in [0.1, 0.15) is 32.1 Å². The zero-order valence-corrected chi connectivity index (χ0v) is 20.0. The Labute approximate surface area is 204 Å². The van der Waals surface area contributed by atoms with Gasteiger partial charge in [-0.3, -0.25) is 14.5 Å². The van der Waals surface area contributed by atoms with Gasteiger partial charge in [0.05, 0.1) is 11.7 Å². The fourth-order valence-electron chi connectivity index (χ4n) is 5.23. The lowest BCUT2D eigenvalue weighted by atomic mass is 10.0. The van der Waals surface area contributed by atoms with E-state index in [4.69, 9.17) is 12.2 Å². The van der Waals surface area contributed by atoms with E-state index in [9.17, 15) is 9.59 Å². The number of hydrogen-bond donors (Lipinski definition) is 3. The number of thiocarbonyl (C=S) groups is 1. The molecule has 2 aromatic rings. The highest BCUT2D eigenvalue weighted by Gasteiger charge is 2.43. The Balaban J connectivity index is 1.13.